The highest BCUT2D eigenvalue weighted by Gasteiger charge is 2.18. The number of rotatable bonds is 3. The van der Waals surface area contributed by atoms with Crippen LogP contribution in [0.5, 0.6) is 5.75 Å². The van der Waals surface area contributed by atoms with Crippen molar-refractivity contribution in [3.63, 3.8) is 0 Å². The molecule has 2 heterocycles. The van der Waals surface area contributed by atoms with E-state index >= 15 is 0 Å². The van der Waals surface area contributed by atoms with Crippen LogP contribution >= 0.6 is 0 Å². The fraction of sp³-hybridized carbons (Fsp3) is 0.227. The van der Waals surface area contributed by atoms with E-state index in [0.717, 1.165) is 34.4 Å². The van der Waals surface area contributed by atoms with Crippen molar-refractivity contribution in [2.45, 2.75) is 27.2 Å². The van der Waals surface area contributed by atoms with Gasteiger partial charge in [-0.3, -0.25) is 9.36 Å². The summed E-state index contributed by atoms with van der Waals surface area (Å²) >= 11 is 0. The first kappa shape index (κ1) is 20.1. The molecular weight excluding hydrogens is 366 g/mol. The highest BCUT2D eigenvalue weighted by molar-refractivity contribution is 5.89. The Kier molecular flexibility index (Phi) is 5.68. The summed E-state index contributed by atoms with van der Waals surface area (Å²) in [4.78, 5) is 9.22. The Morgan fingerprint density at radius 2 is 1.90 bits per heavy atom. The van der Waals surface area contributed by atoms with E-state index in [0.29, 0.717) is 11.4 Å². The number of aromatic hydroxyl groups is 1. The van der Waals surface area contributed by atoms with Gasteiger partial charge in [0, 0.05) is 31.1 Å². The molecule has 2 aromatic heterocycles. The third-order valence-electron chi connectivity index (χ3n) is 4.68. The zero-order chi connectivity index (χ0) is 21.1. The minimum Gasteiger partial charge on any atom is -0.507 e. The van der Waals surface area contributed by atoms with Crippen molar-refractivity contribution in [3.8, 4) is 22.8 Å². The number of carbonyl (C=O) groups is 1. The van der Waals surface area contributed by atoms with Crippen LogP contribution in [0.15, 0.2) is 48.7 Å². The maximum absolute atomic E-state index is 10.4. The molecule has 0 saturated heterocycles. The van der Waals surface area contributed by atoms with Crippen LogP contribution in [0.3, 0.4) is 0 Å². The van der Waals surface area contributed by atoms with E-state index in [1.54, 1.807) is 6.07 Å². The first-order chi connectivity index (χ1) is 13.8. The number of aromatic nitrogens is 4. The van der Waals surface area contributed by atoms with Crippen molar-refractivity contribution in [2.75, 3.05) is 0 Å². The summed E-state index contributed by atoms with van der Waals surface area (Å²) in [7, 11) is 2.03. The lowest BCUT2D eigenvalue weighted by molar-refractivity contribution is -0.115. The maximum Gasteiger partial charge on any atom is 0.214 e. The maximum atomic E-state index is 10.4. The number of nitrogens with two attached hydrogens (primary N) is 1. The second kappa shape index (κ2) is 8.18. The molecule has 0 unspecified atom stereocenters. The Morgan fingerprint density at radius 1 is 1.17 bits per heavy atom. The minimum atomic E-state index is -0.333. The second-order valence-electron chi connectivity index (χ2n) is 6.86. The highest BCUT2D eigenvalue weighted by atomic mass is 16.3. The SMILES string of the molecule is CC(N)=O.CCc1ccc(O)c(-c2nnc(C)n2-c2cccc3c2ccn3C)c1. The quantitative estimate of drug-likeness (QED) is 0.558. The lowest BCUT2D eigenvalue weighted by atomic mass is 10.1. The Balaban J connectivity index is 0.000000552. The van der Waals surface area contributed by atoms with Crippen LogP contribution in [0.2, 0.25) is 0 Å². The minimum absolute atomic E-state index is 0.214. The molecule has 0 fully saturated rings. The van der Waals surface area contributed by atoms with Gasteiger partial charge in [-0.1, -0.05) is 19.1 Å². The smallest absolute Gasteiger partial charge is 0.214 e. The van der Waals surface area contributed by atoms with Crippen LogP contribution in [-0.4, -0.2) is 30.3 Å². The van der Waals surface area contributed by atoms with Gasteiger partial charge >= 0.3 is 0 Å². The zero-order valence-corrected chi connectivity index (χ0v) is 17.0. The van der Waals surface area contributed by atoms with E-state index in [4.69, 9.17) is 0 Å². The normalized spacial score (nSPS) is 10.6. The number of benzene rings is 2. The van der Waals surface area contributed by atoms with Crippen LogP contribution in [0.4, 0.5) is 0 Å². The number of primary amides is 1. The van der Waals surface area contributed by atoms with Gasteiger partial charge in [0.1, 0.15) is 11.6 Å². The first-order valence-corrected chi connectivity index (χ1v) is 9.38. The molecule has 0 aliphatic rings. The van der Waals surface area contributed by atoms with E-state index in [-0.39, 0.29) is 11.7 Å². The van der Waals surface area contributed by atoms with Crippen LogP contribution in [0, 0.1) is 6.92 Å². The van der Waals surface area contributed by atoms with Crippen LogP contribution in [0.25, 0.3) is 28.0 Å². The van der Waals surface area contributed by atoms with Gasteiger partial charge in [0.2, 0.25) is 5.91 Å². The summed E-state index contributed by atoms with van der Waals surface area (Å²) in [5.41, 5.74) is 8.48. The Labute approximate surface area is 169 Å². The summed E-state index contributed by atoms with van der Waals surface area (Å²) in [6, 6.07) is 13.9. The molecule has 0 aliphatic heterocycles. The van der Waals surface area contributed by atoms with E-state index in [1.807, 2.05) is 42.9 Å². The summed E-state index contributed by atoms with van der Waals surface area (Å²) in [6.45, 7) is 5.33. The monoisotopic (exact) mass is 391 g/mol. The number of hydrogen-bond donors (Lipinski definition) is 2. The topological polar surface area (TPSA) is 99.0 Å². The number of fused-ring (bicyclic) bond motifs is 1. The van der Waals surface area contributed by atoms with E-state index in [1.165, 1.54) is 6.92 Å². The highest BCUT2D eigenvalue weighted by Crippen LogP contribution is 2.33. The van der Waals surface area contributed by atoms with Crippen molar-refractivity contribution < 1.29 is 9.90 Å². The molecule has 1 amide bonds. The zero-order valence-electron chi connectivity index (χ0n) is 17.0. The third kappa shape index (κ3) is 3.99. The molecule has 7 heteroatoms. The molecule has 0 atom stereocenters. The molecule has 4 rings (SSSR count). The third-order valence-corrected chi connectivity index (χ3v) is 4.68. The molecule has 7 nitrogen and oxygen atoms in total. The molecule has 0 saturated carbocycles. The van der Waals surface area contributed by atoms with E-state index < -0.39 is 0 Å². The van der Waals surface area contributed by atoms with Crippen molar-refractivity contribution in [1.29, 1.82) is 0 Å². The molecular formula is C22H25N5O2. The molecule has 150 valence electrons. The van der Waals surface area contributed by atoms with Gasteiger partial charge in [0.05, 0.1) is 11.3 Å². The van der Waals surface area contributed by atoms with Crippen LogP contribution < -0.4 is 5.73 Å². The molecule has 4 aromatic rings. The predicted octanol–water partition coefficient (Wildman–Crippen LogP) is 3.49. The number of aryl methyl sites for hydroxylation is 3. The molecule has 0 aliphatic carbocycles. The van der Waals surface area contributed by atoms with Gasteiger partial charge < -0.3 is 15.4 Å². The molecule has 0 spiro atoms. The number of hydrogen-bond acceptors (Lipinski definition) is 4. The molecule has 29 heavy (non-hydrogen) atoms. The fourth-order valence-corrected chi connectivity index (χ4v) is 3.29. The predicted molar refractivity (Wildman–Crippen MR) is 114 cm³/mol. The van der Waals surface area contributed by atoms with Gasteiger partial charge in [0.15, 0.2) is 5.82 Å². The van der Waals surface area contributed by atoms with Crippen molar-refractivity contribution in [1.82, 2.24) is 19.3 Å². The number of carbonyl (C=O) groups excluding carboxylic acids is 1. The molecule has 0 radical (unpaired) electrons. The number of nitrogens with zero attached hydrogens (tertiary/aromatic N) is 4. The van der Waals surface area contributed by atoms with Gasteiger partial charge in [-0.2, -0.15) is 0 Å². The van der Waals surface area contributed by atoms with E-state index in [9.17, 15) is 9.90 Å². The van der Waals surface area contributed by atoms with Gasteiger partial charge in [-0.15, -0.1) is 10.2 Å². The molecule has 0 bridgehead atoms. The average molecular weight is 391 g/mol. The largest absolute Gasteiger partial charge is 0.507 e. The number of phenolic OH excluding ortho intramolecular Hbond substituents is 1. The lowest BCUT2D eigenvalue weighted by Gasteiger charge is -2.12. The second-order valence-corrected chi connectivity index (χ2v) is 6.86. The summed E-state index contributed by atoms with van der Waals surface area (Å²) in [5, 5.41) is 20.2. The number of phenols is 1. The van der Waals surface area contributed by atoms with E-state index in [2.05, 4.69) is 45.6 Å². The standard InChI is InChI=1S/C20H20N4O.C2H5NO/c1-4-14-8-9-19(25)16(12-14)20-22-21-13(2)24(20)18-7-5-6-17-15(18)10-11-23(17)3;1-2(3)4/h5-12,25H,4H2,1-3H3;1H3,(H2,3,4). The summed E-state index contributed by atoms with van der Waals surface area (Å²) < 4.78 is 4.10. The number of amides is 1. The van der Waals surface area contributed by atoms with Crippen molar-refractivity contribution in [3.05, 3.63) is 60.0 Å². The fourth-order valence-electron chi connectivity index (χ4n) is 3.29. The van der Waals surface area contributed by atoms with Crippen molar-refractivity contribution >= 4 is 16.8 Å². The van der Waals surface area contributed by atoms with Crippen LogP contribution in [0.1, 0.15) is 25.2 Å². The Bertz CT molecular complexity index is 1170. The Hall–Kier alpha value is -3.61. The van der Waals surface area contributed by atoms with Gasteiger partial charge in [-0.05, 0) is 49.2 Å². The molecule has 3 N–H and O–H groups in total. The average Bonchev–Trinajstić information content (AvgIpc) is 3.25. The van der Waals surface area contributed by atoms with Crippen molar-refractivity contribution in [2.24, 2.45) is 12.8 Å². The summed E-state index contributed by atoms with van der Waals surface area (Å²) in [6.07, 6.45) is 2.94. The Morgan fingerprint density at radius 3 is 2.59 bits per heavy atom. The van der Waals surface area contributed by atoms with Gasteiger partial charge in [-0.25, -0.2) is 0 Å². The van der Waals surface area contributed by atoms with Crippen LogP contribution in [-0.2, 0) is 18.3 Å². The summed E-state index contributed by atoms with van der Waals surface area (Å²) in [5.74, 6) is 1.32. The molecule has 2 aromatic carbocycles. The first-order valence-electron chi connectivity index (χ1n) is 9.38. The lowest BCUT2D eigenvalue weighted by Crippen LogP contribution is -2.01. The van der Waals surface area contributed by atoms with Gasteiger partial charge in [0.25, 0.3) is 0 Å².